The lowest BCUT2D eigenvalue weighted by Crippen LogP contribution is -2.12. The smallest absolute Gasteiger partial charge is 0.272 e. The molecule has 1 amide bonds. The van der Waals surface area contributed by atoms with Gasteiger partial charge in [-0.25, -0.2) is 4.98 Å². The van der Waals surface area contributed by atoms with Gasteiger partial charge in [0.25, 0.3) is 5.91 Å². The Balaban J connectivity index is 2.15. The fourth-order valence-corrected chi connectivity index (χ4v) is 1.88. The Morgan fingerprint density at radius 3 is 2.76 bits per heavy atom. The summed E-state index contributed by atoms with van der Waals surface area (Å²) in [5.41, 5.74) is 2.13. The first-order chi connectivity index (χ1) is 8.06. The molecule has 17 heavy (non-hydrogen) atoms. The van der Waals surface area contributed by atoms with Crippen LogP contribution in [0.15, 0.2) is 33.6 Å². The van der Waals surface area contributed by atoms with Gasteiger partial charge in [0.2, 0.25) is 0 Å². The summed E-state index contributed by atoms with van der Waals surface area (Å²) in [5, 5.41) is 2.77. The van der Waals surface area contributed by atoms with Crippen LogP contribution >= 0.6 is 31.9 Å². The molecule has 2 N–H and O–H groups in total. The van der Waals surface area contributed by atoms with Gasteiger partial charge in [-0.15, -0.1) is 0 Å². The Kier molecular flexibility index (Phi) is 3.63. The van der Waals surface area contributed by atoms with Gasteiger partial charge in [-0.3, -0.25) is 4.79 Å². The van der Waals surface area contributed by atoms with Gasteiger partial charge in [0.05, 0.1) is 11.9 Å². The molecule has 0 spiro atoms. The highest BCUT2D eigenvalue weighted by atomic mass is 79.9. The molecule has 0 unspecified atom stereocenters. The molecule has 0 saturated carbocycles. The summed E-state index contributed by atoms with van der Waals surface area (Å²) in [4.78, 5) is 18.8. The quantitative estimate of drug-likeness (QED) is 0.807. The number of hydrogen-bond donors (Lipinski definition) is 2. The van der Waals surface area contributed by atoms with Gasteiger partial charge in [-0.2, -0.15) is 0 Å². The van der Waals surface area contributed by atoms with Crippen LogP contribution < -0.4 is 5.32 Å². The number of H-pyrrole nitrogens is 1. The van der Waals surface area contributed by atoms with Crippen LogP contribution in [0.1, 0.15) is 16.1 Å². The van der Waals surface area contributed by atoms with Crippen molar-refractivity contribution in [1.29, 1.82) is 0 Å². The first kappa shape index (κ1) is 12.3. The number of aromatic amines is 1. The number of aromatic nitrogens is 2. The third kappa shape index (κ3) is 2.95. The number of nitrogens with one attached hydrogen (secondary N) is 2. The summed E-state index contributed by atoms with van der Waals surface area (Å²) >= 11 is 6.58. The zero-order chi connectivity index (χ0) is 12.4. The van der Waals surface area contributed by atoms with Gasteiger partial charge >= 0.3 is 0 Å². The molecule has 88 valence electrons. The molecule has 0 radical (unpaired) electrons. The highest BCUT2D eigenvalue weighted by Gasteiger charge is 2.08. The normalized spacial score (nSPS) is 10.3. The molecule has 0 fully saturated rings. The number of hydrogen-bond acceptors (Lipinski definition) is 2. The molecule has 0 aromatic carbocycles. The number of carbonyl (C=O) groups excluding carboxylic acids is 1. The minimum atomic E-state index is -0.195. The van der Waals surface area contributed by atoms with Gasteiger partial charge in [-0.1, -0.05) is 0 Å². The van der Waals surface area contributed by atoms with Crippen LogP contribution in [0.5, 0.6) is 0 Å². The standard InChI is InChI=1S/C11H9Br2N3O/c1-6-2-8(5-15-10(6)13)16-11(17)9-3-7(12)4-14-9/h2-5,14H,1H3,(H,16,17). The van der Waals surface area contributed by atoms with Gasteiger partial charge in [-0.05, 0) is 56.5 Å². The predicted octanol–water partition coefficient (Wildman–Crippen LogP) is 3.50. The Labute approximate surface area is 115 Å². The first-order valence-corrected chi connectivity index (χ1v) is 6.42. The number of pyridine rings is 1. The Hall–Kier alpha value is -1.14. The van der Waals surface area contributed by atoms with E-state index in [-0.39, 0.29) is 5.91 Å². The molecule has 0 aliphatic rings. The van der Waals surface area contributed by atoms with Crippen molar-refractivity contribution in [2.45, 2.75) is 6.92 Å². The van der Waals surface area contributed by atoms with E-state index in [9.17, 15) is 4.79 Å². The number of anilines is 1. The second-order valence-corrected chi connectivity index (χ2v) is 5.18. The third-order valence-corrected chi connectivity index (χ3v) is 3.45. The van der Waals surface area contributed by atoms with E-state index >= 15 is 0 Å². The van der Waals surface area contributed by atoms with Crippen molar-refractivity contribution in [2.24, 2.45) is 0 Å². The highest BCUT2D eigenvalue weighted by molar-refractivity contribution is 9.10. The fourth-order valence-electron chi connectivity index (χ4n) is 1.32. The van der Waals surface area contributed by atoms with Crippen molar-refractivity contribution in [3.8, 4) is 0 Å². The number of nitrogens with zero attached hydrogens (tertiary/aromatic N) is 1. The van der Waals surface area contributed by atoms with Crippen molar-refractivity contribution in [2.75, 3.05) is 5.32 Å². The van der Waals surface area contributed by atoms with E-state index in [1.807, 2.05) is 13.0 Å². The second kappa shape index (κ2) is 5.01. The fraction of sp³-hybridized carbons (Fsp3) is 0.0909. The summed E-state index contributed by atoms with van der Waals surface area (Å²) in [7, 11) is 0. The summed E-state index contributed by atoms with van der Waals surface area (Å²) < 4.78 is 1.62. The zero-order valence-electron chi connectivity index (χ0n) is 8.92. The van der Waals surface area contributed by atoms with E-state index in [1.54, 1.807) is 18.5 Å². The van der Waals surface area contributed by atoms with Gasteiger partial charge in [0.15, 0.2) is 0 Å². The average molecular weight is 359 g/mol. The minimum Gasteiger partial charge on any atom is -0.356 e. The van der Waals surface area contributed by atoms with Crippen LogP contribution in [0.25, 0.3) is 0 Å². The number of aryl methyl sites for hydroxylation is 1. The van der Waals surface area contributed by atoms with Crippen LogP contribution in [0, 0.1) is 6.92 Å². The van der Waals surface area contributed by atoms with Crippen LogP contribution in [0.2, 0.25) is 0 Å². The van der Waals surface area contributed by atoms with Crippen LogP contribution in [-0.4, -0.2) is 15.9 Å². The largest absolute Gasteiger partial charge is 0.356 e. The lowest BCUT2D eigenvalue weighted by molar-refractivity contribution is 0.102. The number of halogens is 2. The summed E-state index contributed by atoms with van der Waals surface area (Å²) in [6.45, 7) is 1.91. The number of amides is 1. The second-order valence-electron chi connectivity index (χ2n) is 3.52. The van der Waals surface area contributed by atoms with E-state index in [0.29, 0.717) is 11.4 Å². The van der Waals surface area contributed by atoms with Gasteiger partial charge in [0.1, 0.15) is 10.3 Å². The Bertz CT molecular complexity index is 566. The van der Waals surface area contributed by atoms with Crippen LogP contribution in [0.3, 0.4) is 0 Å². The Morgan fingerprint density at radius 1 is 1.41 bits per heavy atom. The van der Waals surface area contributed by atoms with Crippen molar-refractivity contribution in [1.82, 2.24) is 9.97 Å². The van der Waals surface area contributed by atoms with Crippen LogP contribution in [-0.2, 0) is 0 Å². The predicted molar refractivity (Wildman–Crippen MR) is 73.1 cm³/mol. The molecule has 2 rings (SSSR count). The monoisotopic (exact) mass is 357 g/mol. The molecule has 2 aromatic heterocycles. The minimum absolute atomic E-state index is 0.195. The lowest BCUT2D eigenvalue weighted by atomic mass is 10.3. The van der Waals surface area contributed by atoms with Crippen molar-refractivity contribution < 1.29 is 4.79 Å². The van der Waals surface area contributed by atoms with E-state index in [4.69, 9.17) is 0 Å². The molecule has 0 aliphatic heterocycles. The molecule has 0 atom stereocenters. The molecular weight excluding hydrogens is 350 g/mol. The molecule has 0 aliphatic carbocycles. The topological polar surface area (TPSA) is 57.8 Å². The molecule has 6 heteroatoms. The molecule has 0 saturated heterocycles. The lowest BCUT2D eigenvalue weighted by Gasteiger charge is -2.05. The van der Waals surface area contributed by atoms with E-state index < -0.39 is 0 Å². The molecular formula is C11H9Br2N3O. The third-order valence-electron chi connectivity index (χ3n) is 2.16. The maximum atomic E-state index is 11.8. The summed E-state index contributed by atoms with van der Waals surface area (Å²) in [6, 6.07) is 3.57. The van der Waals surface area contributed by atoms with Crippen LogP contribution in [0.4, 0.5) is 5.69 Å². The highest BCUT2D eigenvalue weighted by Crippen LogP contribution is 2.18. The van der Waals surface area contributed by atoms with Crippen molar-refractivity contribution in [3.63, 3.8) is 0 Å². The van der Waals surface area contributed by atoms with Gasteiger partial charge in [0, 0.05) is 10.7 Å². The van der Waals surface area contributed by atoms with E-state index in [1.165, 1.54) is 0 Å². The molecule has 2 aromatic rings. The van der Waals surface area contributed by atoms with Crippen molar-refractivity contribution >= 4 is 43.5 Å². The van der Waals surface area contributed by atoms with E-state index in [0.717, 1.165) is 14.6 Å². The average Bonchev–Trinajstić information content (AvgIpc) is 2.70. The Morgan fingerprint density at radius 2 is 2.18 bits per heavy atom. The molecule has 2 heterocycles. The zero-order valence-corrected chi connectivity index (χ0v) is 12.1. The molecule has 4 nitrogen and oxygen atoms in total. The summed E-state index contributed by atoms with van der Waals surface area (Å²) in [5.74, 6) is -0.195. The maximum absolute atomic E-state index is 11.8. The number of carbonyl (C=O) groups is 1. The summed E-state index contributed by atoms with van der Waals surface area (Å²) in [6.07, 6.45) is 3.31. The van der Waals surface area contributed by atoms with Crippen molar-refractivity contribution in [3.05, 3.63) is 44.9 Å². The number of rotatable bonds is 2. The van der Waals surface area contributed by atoms with E-state index in [2.05, 4.69) is 47.1 Å². The first-order valence-electron chi connectivity index (χ1n) is 4.83. The van der Waals surface area contributed by atoms with Gasteiger partial charge < -0.3 is 10.3 Å². The molecule has 0 bridgehead atoms. The maximum Gasteiger partial charge on any atom is 0.272 e. The SMILES string of the molecule is Cc1cc(NC(=O)c2cc(Br)c[nH]2)cnc1Br.